The van der Waals surface area contributed by atoms with Gasteiger partial charge in [0.2, 0.25) is 10.0 Å². The Morgan fingerprint density at radius 3 is 2.55 bits per heavy atom. The van der Waals surface area contributed by atoms with Crippen LogP contribution in [0.3, 0.4) is 0 Å². The van der Waals surface area contributed by atoms with Gasteiger partial charge >= 0.3 is 5.97 Å². The summed E-state index contributed by atoms with van der Waals surface area (Å²) >= 11 is 0. The zero-order valence-corrected chi connectivity index (χ0v) is 14.1. The van der Waals surface area contributed by atoms with Gasteiger partial charge in [-0.25, -0.2) is 13.1 Å². The maximum atomic E-state index is 12.3. The van der Waals surface area contributed by atoms with E-state index in [9.17, 15) is 13.2 Å². The van der Waals surface area contributed by atoms with Crippen LogP contribution in [0, 0.1) is 19.3 Å². The third-order valence-electron chi connectivity index (χ3n) is 4.01. The molecule has 1 atom stereocenters. The summed E-state index contributed by atoms with van der Waals surface area (Å²) < 4.78 is 36.9. The lowest BCUT2D eigenvalue weighted by Crippen LogP contribution is -2.40. The van der Waals surface area contributed by atoms with Gasteiger partial charge in [0.15, 0.2) is 0 Å². The minimum absolute atomic E-state index is 0.224. The van der Waals surface area contributed by atoms with E-state index in [1.807, 2.05) is 6.92 Å². The smallest absolute Gasteiger partial charge is 0.312 e. The minimum Gasteiger partial charge on any atom is -0.469 e. The molecule has 1 aliphatic rings. The molecule has 2 rings (SSSR count). The second-order valence-corrected chi connectivity index (χ2v) is 7.81. The first-order chi connectivity index (χ1) is 10.2. The van der Waals surface area contributed by atoms with Gasteiger partial charge in [0.05, 0.1) is 24.0 Å². The quantitative estimate of drug-likeness (QED) is 0.752. The molecule has 124 valence electrons. The number of aromatic nitrogens is 1. The Morgan fingerprint density at radius 2 is 2.09 bits per heavy atom. The molecule has 22 heavy (non-hydrogen) atoms. The van der Waals surface area contributed by atoms with Crippen molar-refractivity contribution in [2.45, 2.75) is 46.1 Å². The average molecular weight is 330 g/mol. The molecule has 0 bridgehead atoms. The van der Waals surface area contributed by atoms with E-state index in [2.05, 4.69) is 9.88 Å². The van der Waals surface area contributed by atoms with Crippen LogP contribution in [0.1, 0.15) is 36.8 Å². The van der Waals surface area contributed by atoms with E-state index >= 15 is 0 Å². The highest BCUT2D eigenvalue weighted by atomic mass is 32.2. The molecule has 0 unspecified atom stereocenters. The summed E-state index contributed by atoms with van der Waals surface area (Å²) in [5.41, 5.74) is 0.810. The molecule has 0 saturated heterocycles. The van der Waals surface area contributed by atoms with E-state index in [1.54, 1.807) is 13.8 Å². The van der Waals surface area contributed by atoms with E-state index in [0.717, 1.165) is 11.3 Å². The first kappa shape index (κ1) is 17.0. The van der Waals surface area contributed by atoms with Crippen LogP contribution >= 0.6 is 0 Å². The number of aryl methyl sites for hydroxylation is 2. The summed E-state index contributed by atoms with van der Waals surface area (Å²) in [4.78, 5) is 11.7. The van der Waals surface area contributed by atoms with Crippen molar-refractivity contribution in [3.05, 3.63) is 17.0 Å². The predicted molar refractivity (Wildman–Crippen MR) is 79.7 cm³/mol. The van der Waals surface area contributed by atoms with Gasteiger partial charge in [-0.05, 0) is 40.0 Å². The summed E-state index contributed by atoms with van der Waals surface area (Å²) in [7, 11) is -2.28. The zero-order valence-electron chi connectivity index (χ0n) is 13.3. The fourth-order valence-electron chi connectivity index (χ4n) is 2.63. The molecule has 0 aromatic carbocycles. The van der Waals surface area contributed by atoms with Gasteiger partial charge in [0.1, 0.15) is 5.76 Å². The Bertz CT molecular complexity index is 641. The van der Waals surface area contributed by atoms with Crippen molar-refractivity contribution in [2.75, 3.05) is 12.9 Å². The molecule has 0 amide bonds. The minimum atomic E-state index is -3.56. The van der Waals surface area contributed by atoms with E-state index in [0.29, 0.717) is 25.0 Å². The van der Waals surface area contributed by atoms with Crippen molar-refractivity contribution in [3.8, 4) is 0 Å². The fourth-order valence-corrected chi connectivity index (χ4v) is 4.54. The number of sulfonamides is 1. The SMILES string of the molecule is COC(=O)C1(CS(=O)(=O)N[C@H](C)Cc2c(C)noc2C)CC1. The highest BCUT2D eigenvalue weighted by Gasteiger charge is 2.54. The Kier molecular flexibility index (Phi) is 4.62. The van der Waals surface area contributed by atoms with Gasteiger partial charge in [-0.3, -0.25) is 4.79 Å². The summed E-state index contributed by atoms with van der Waals surface area (Å²) in [5, 5.41) is 3.86. The van der Waals surface area contributed by atoms with Crippen molar-refractivity contribution >= 4 is 16.0 Å². The van der Waals surface area contributed by atoms with Crippen LogP contribution in [0.5, 0.6) is 0 Å². The van der Waals surface area contributed by atoms with Gasteiger partial charge in [-0.1, -0.05) is 5.16 Å². The van der Waals surface area contributed by atoms with Gasteiger partial charge in [-0.2, -0.15) is 0 Å². The number of methoxy groups -OCH3 is 1. The first-order valence-corrected chi connectivity index (χ1v) is 8.84. The van der Waals surface area contributed by atoms with Crippen molar-refractivity contribution in [1.82, 2.24) is 9.88 Å². The Hall–Kier alpha value is -1.41. The molecule has 1 fully saturated rings. The molecule has 1 saturated carbocycles. The van der Waals surface area contributed by atoms with Crippen molar-refractivity contribution < 1.29 is 22.5 Å². The van der Waals surface area contributed by atoms with E-state index < -0.39 is 21.4 Å². The van der Waals surface area contributed by atoms with Crippen LogP contribution in [0.2, 0.25) is 0 Å². The number of hydrogen-bond acceptors (Lipinski definition) is 6. The van der Waals surface area contributed by atoms with Crippen molar-refractivity contribution in [1.29, 1.82) is 0 Å². The van der Waals surface area contributed by atoms with E-state index in [4.69, 9.17) is 9.26 Å². The Morgan fingerprint density at radius 1 is 1.45 bits per heavy atom. The van der Waals surface area contributed by atoms with E-state index in [-0.39, 0.29) is 11.8 Å². The van der Waals surface area contributed by atoms with Crippen molar-refractivity contribution in [3.63, 3.8) is 0 Å². The molecule has 1 N–H and O–H groups in total. The molecule has 1 aliphatic carbocycles. The van der Waals surface area contributed by atoms with Crippen LogP contribution in [0.15, 0.2) is 4.52 Å². The third kappa shape index (κ3) is 3.67. The van der Waals surface area contributed by atoms with Crippen LogP contribution in [0.4, 0.5) is 0 Å². The lowest BCUT2D eigenvalue weighted by molar-refractivity contribution is -0.146. The summed E-state index contributed by atoms with van der Waals surface area (Å²) in [6.45, 7) is 5.40. The number of carbonyl (C=O) groups is 1. The summed E-state index contributed by atoms with van der Waals surface area (Å²) in [6, 6.07) is -0.310. The van der Waals surface area contributed by atoms with Gasteiger partial charge in [0.25, 0.3) is 0 Å². The molecule has 7 nitrogen and oxygen atoms in total. The lowest BCUT2D eigenvalue weighted by Gasteiger charge is -2.17. The maximum absolute atomic E-state index is 12.3. The highest BCUT2D eigenvalue weighted by molar-refractivity contribution is 7.89. The predicted octanol–water partition coefficient (Wildman–Crippen LogP) is 1.10. The molecular weight excluding hydrogens is 308 g/mol. The topological polar surface area (TPSA) is 98.5 Å². The molecule has 0 spiro atoms. The number of hydrogen-bond donors (Lipinski definition) is 1. The molecule has 1 aromatic rings. The fraction of sp³-hybridized carbons (Fsp3) is 0.714. The van der Waals surface area contributed by atoms with Gasteiger partial charge < -0.3 is 9.26 Å². The molecule has 0 radical (unpaired) electrons. The molecule has 1 aromatic heterocycles. The summed E-state index contributed by atoms with van der Waals surface area (Å²) in [6.07, 6.45) is 1.60. The second-order valence-electron chi connectivity index (χ2n) is 6.06. The standard InChI is InChI=1S/C14H22N2O5S/c1-9(7-12-10(2)15-21-11(12)3)16-22(18,19)8-14(5-6-14)13(17)20-4/h9,16H,5-8H2,1-4H3/t9-/m1/s1. The first-order valence-electron chi connectivity index (χ1n) is 7.19. The van der Waals surface area contributed by atoms with Crippen LogP contribution in [0.25, 0.3) is 0 Å². The highest BCUT2D eigenvalue weighted by Crippen LogP contribution is 2.47. The van der Waals surface area contributed by atoms with Crippen LogP contribution in [-0.4, -0.2) is 38.4 Å². The molecule has 8 heteroatoms. The number of nitrogens with one attached hydrogen (secondary N) is 1. The average Bonchev–Trinajstić information content (AvgIpc) is 3.13. The number of esters is 1. The van der Waals surface area contributed by atoms with Crippen molar-refractivity contribution in [2.24, 2.45) is 5.41 Å². The molecule has 0 aliphatic heterocycles. The number of carbonyl (C=O) groups excluding carboxylic acids is 1. The second kappa shape index (κ2) is 6.00. The van der Waals surface area contributed by atoms with Crippen LogP contribution < -0.4 is 4.72 Å². The monoisotopic (exact) mass is 330 g/mol. The molecule has 1 heterocycles. The number of nitrogens with zero attached hydrogens (tertiary/aromatic N) is 1. The number of rotatable bonds is 7. The van der Waals surface area contributed by atoms with Crippen LogP contribution in [-0.2, 0) is 26.0 Å². The largest absolute Gasteiger partial charge is 0.469 e. The zero-order chi connectivity index (χ0) is 16.5. The normalized spacial score (nSPS) is 18.0. The van der Waals surface area contributed by atoms with Gasteiger partial charge in [-0.15, -0.1) is 0 Å². The maximum Gasteiger partial charge on any atom is 0.312 e. The Labute approximate surface area is 130 Å². The Balaban J connectivity index is 1.99. The van der Waals surface area contributed by atoms with Gasteiger partial charge in [0, 0.05) is 11.6 Å². The third-order valence-corrected chi connectivity index (χ3v) is 5.70. The van der Waals surface area contributed by atoms with E-state index in [1.165, 1.54) is 7.11 Å². The molecular formula is C14H22N2O5S. The number of ether oxygens (including phenoxy) is 1. The lowest BCUT2D eigenvalue weighted by atomic mass is 10.1. The summed E-state index contributed by atoms with van der Waals surface area (Å²) in [5.74, 6) is 0.0199.